The number of thiophene rings is 1. The number of amides is 2. The molecule has 2 aromatic rings. The summed E-state index contributed by atoms with van der Waals surface area (Å²) in [6, 6.07) is 5.14. The molecule has 2 saturated carbocycles. The van der Waals surface area contributed by atoms with Gasteiger partial charge in [-0.2, -0.15) is 0 Å². The van der Waals surface area contributed by atoms with Gasteiger partial charge in [-0.05, 0) is 46.5 Å². The number of halogens is 1. The van der Waals surface area contributed by atoms with Crippen molar-refractivity contribution < 1.29 is 14.3 Å². The van der Waals surface area contributed by atoms with E-state index < -0.39 is 11.9 Å². The van der Waals surface area contributed by atoms with Gasteiger partial charge in [-0.3, -0.25) is 9.59 Å². The van der Waals surface area contributed by atoms with Gasteiger partial charge in [0.05, 0.1) is 18.0 Å². The average Bonchev–Trinajstić information content (AvgIpc) is 3.45. The fourth-order valence-electron chi connectivity index (χ4n) is 4.12. The van der Waals surface area contributed by atoms with Crippen LogP contribution in [-0.4, -0.2) is 36.0 Å². The minimum absolute atomic E-state index is 0.236. The quantitative estimate of drug-likeness (QED) is 0.539. The van der Waals surface area contributed by atoms with Gasteiger partial charge in [0.1, 0.15) is 18.3 Å². The van der Waals surface area contributed by atoms with Crippen LogP contribution in [0.5, 0.6) is 5.88 Å². The van der Waals surface area contributed by atoms with Crippen molar-refractivity contribution in [2.75, 3.05) is 18.1 Å². The number of primary amides is 1. The first kappa shape index (κ1) is 24.0. The molecule has 3 aliphatic rings. The zero-order valence-corrected chi connectivity index (χ0v) is 21.1. The standard InChI is InChI=1S/C21H25BrN4O3S.C3H6/c22-14-10-17-21(24-11-14)29-8-7-26(17)12-15-5-6-18(30-15)20(28)25-16(19(23)27)9-13-3-1-2-4-13;1-2-3-1/h5-6,10-11,13,16H,1-4,7-9,12H2,(H2,23,27)(H,25,28);1-3H2. The van der Waals surface area contributed by atoms with E-state index in [9.17, 15) is 9.59 Å². The normalized spacial score (nSPS) is 17.9. The number of ether oxygens (including phenoxy) is 1. The molecule has 1 atom stereocenters. The third-order valence-electron chi connectivity index (χ3n) is 6.02. The Morgan fingerprint density at radius 1 is 1.24 bits per heavy atom. The zero-order valence-electron chi connectivity index (χ0n) is 18.7. The Morgan fingerprint density at radius 2 is 2.00 bits per heavy atom. The van der Waals surface area contributed by atoms with E-state index in [2.05, 4.69) is 31.1 Å². The molecule has 1 aliphatic heterocycles. The van der Waals surface area contributed by atoms with Crippen molar-refractivity contribution in [3.05, 3.63) is 38.6 Å². The topological polar surface area (TPSA) is 97.5 Å². The van der Waals surface area contributed by atoms with E-state index in [1.54, 1.807) is 6.20 Å². The highest BCUT2D eigenvalue weighted by atomic mass is 79.9. The van der Waals surface area contributed by atoms with Gasteiger partial charge in [0.2, 0.25) is 11.8 Å². The fourth-order valence-corrected chi connectivity index (χ4v) is 5.36. The average molecular weight is 536 g/mol. The van der Waals surface area contributed by atoms with Crippen LogP contribution < -0.4 is 20.7 Å². The zero-order chi connectivity index (χ0) is 23.2. The SMILES string of the molecule is C1CC1.NC(=O)C(CC1CCCC1)NC(=O)c1ccc(CN2CCOc3ncc(Br)cc32)s1. The van der Waals surface area contributed by atoms with Gasteiger partial charge in [0, 0.05) is 15.5 Å². The number of fused-ring (bicyclic) bond motifs is 1. The van der Waals surface area contributed by atoms with Crippen molar-refractivity contribution in [2.24, 2.45) is 11.7 Å². The second kappa shape index (κ2) is 11.3. The molecule has 3 N–H and O–H groups in total. The largest absolute Gasteiger partial charge is 0.474 e. The van der Waals surface area contributed by atoms with Gasteiger partial charge in [0.25, 0.3) is 5.91 Å². The van der Waals surface area contributed by atoms with Crippen molar-refractivity contribution >= 4 is 44.8 Å². The third kappa shape index (κ3) is 6.93. The van der Waals surface area contributed by atoms with Crippen LogP contribution >= 0.6 is 27.3 Å². The predicted octanol–water partition coefficient (Wildman–Crippen LogP) is 4.64. The molecular formula is C24H31BrN4O3S. The number of nitrogens with one attached hydrogen (secondary N) is 1. The smallest absolute Gasteiger partial charge is 0.262 e. The fraction of sp³-hybridized carbons (Fsp3) is 0.542. The number of hydrogen-bond donors (Lipinski definition) is 2. The Hall–Kier alpha value is -2.13. The Bertz CT molecular complexity index is 972. The summed E-state index contributed by atoms with van der Waals surface area (Å²) in [5.41, 5.74) is 6.48. The van der Waals surface area contributed by atoms with Crippen LogP contribution in [0, 0.1) is 5.92 Å². The minimum atomic E-state index is -0.610. The number of nitrogens with two attached hydrogens (primary N) is 1. The Morgan fingerprint density at radius 3 is 2.70 bits per heavy atom. The van der Waals surface area contributed by atoms with Gasteiger partial charge in [0.15, 0.2) is 0 Å². The highest BCUT2D eigenvalue weighted by Gasteiger charge is 2.26. The van der Waals surface area contributed by atoms with E-state index in [1.807, 2.05) is 18.2 Å². The molecule has 178 valence electrons. The lowest BCUT2D eigenvalue weighted by Gasteiger charge is -2.30. The van der Waals surface area contributed by atoms with Gasteiger partial charge < -0.3 is 20.7 Å². The van der Waals surface area contributed by atoms with Crippen LogP contribution in [0.1, 0.15) is 65.9 Å². The number of pyridine rings is 1. The maximum Gasteiger partial charge on any atom is 0.262 e. The van der Waals surface area contributed by atoms with Crippen molar-refractivity contribution in [3.8, 4) is 5.88 Å². The van der Waals surface area contributed by atoms with Crippen LogP contribution in [0.4, 0.5) is 5.69 Å². The minimum Gasteiger partial charge on any atom is -0.474 e. The van der Waals surface area contributed by atoms with Crippen LogP contribution in [-0.2, 0) is 11.3 Å². The van der Waals surface area contributed by atoms with Gasteiger partial charge in [-0.1, -0.05) is 44.9 Å². The van der Waals surface area contributed by atoms with Crippen LogP contribution in [0.2, 0.25) is 0 Å². The van der Waals surface area contributed by atoms with Crippen LogP contribution in [0.15, 0.2) is 28.9 Å². The highest BCUT2D eigenvalue weighted by molar-refractivity contribution is 9.10. The Labute approximate surface area is 207 Å². The summed E-state index contributed by atoms with van der Waals surface area (Å²) in [4.78, 5) is 32.7. The van der Waals surface area contributed by atoms with Crippen molar-refractivity contribution in [3.63, 3.8) is 0 Å². The number of anilines is 1. The van der Waals surface area contributed by atoms with E-state index >= 15 is 0 Å². The molecule has 0 saturated heterocycles. The number of aromatic nitrogens is 1. The van der Waals surface area contributed by atoms with E-state index in [0.29, 0.717) is 36.2 Å². The van der Waals surface area contributed by atoms with Crippen molar-refractivity contribution in [1.82, 2.24) is 10.3 Å². The molecule has 0 bridgehead atoms. The van der Waals surface area contributed by atoms with Crippen molar-refractivity contribution in [1.29, 1.82) is 0 Å². The molecule has 5 rings (SSSR count). The summed E-state index contributed by atoms with van der Waals surface area (Å²) in [5, 5.41) is 2.85. The molecule has 33 heavy (non-hydrogen) atoms. The van der Waals surface area contributed by atoms with Gasteiger partial charge in [-0.25, -0.2) is 4.98 Å². The van der Waals surface area contributed by atoms with E-state index in [1.165, 1.54) is 43.4 Å². The summed E-state index contributed by atoms with van der Waals surface area (Å²) in [6.45, 7) is 1.98. The number of nitrogens with zero attached hydrogens (tertiary/aromatic N) is 2. The molecule has 1 unspecified atom stereocenters. The summed E-state index contributed by atoms with van der Waals surface area (Å²) < 4.78 is 6.52. The molecule has 9 heteroatoms. The molecule has 2 aromatic heterocycles. The molecule has 2 amide bonds. The van der Waals surface area contributed by atoms with Crippen molar-refractivity contribution in [2.45, 2.75) is 64.0 Å². The molecule has 0 spiro atoms. The molecule has 3 heterocycles. The molecule has 0 radical (unpaired) electrons. The molecule has 2 fully saturated rings. The van der Waals surface area contributed by atoms with E-state index in [-0.39, 0.29) is 5.91 Å². The lowest BCUT2D eigenvalue weighted by atomic mass is 9.98. The summed E-state index contributed by atoms with van der Waals surface area (Å²) in [5.74, 6) is 0.390. The lowest BCUT2D eigenvalue weighted by Crippen LogP contribution is -2.45. The maximum absolute atomic E-state index is 12.7. The summed E-state index contributed by atoms with van der Waals surface area (Å²) in [6.07, 6.45) is 11.4. The second-order valence-corrected chi connectivity index (χ2v) is 11.0. The Kier molecular flexibility index (Phi) is 8.25. The number of carbonyl (C=O) groups is 2. The molecule has 0 aromatic carbocycles. The first-order chi connectivity index (χ1) is 16.0. The molecule has 7 nitrogen and oxygen atoms in total. The van der Waals surface area contributed by atoms with E-state index in [0.717, 1.165) is 34.4 Å². The Balaban J connectivity index is 0.000000799. The van der Waals surface area contributed by atoms with Crippen LogP contribution in [0.25, 0.3) is 0 Å². The summed E-state index contributed by atoms with van der Waals surface area (Å²) >= 11 is 4.89. The van der Waals surface area contributed by atoms with Gasteiger partial charge in [-0.15, -0.1) is 11.3 Å². The highest BCUT2D eigenvalue weighted by Crippen LogP contribution is 2.34. The number of rotatable bonds is 7. The monoisotopic (exact) mass is 534 g/mol. The first-order valence-electron chi connectivity index (χ1n) is 11.7. The van der Waals surface area contributed by atoms with Crippen LogP contribution in [0.3, 0.4) is 0 Å². The third-order valence-corrected chi connectivity index (χ3v) is 7.52. The number of carbonyl (C=O) groups excluding carboxylic acids is 2. The predicted molar refractivity (Wildman–Crippen MR) is 134 cm³/mol. The maximum atomic E-state index is 12.7. The molecular weight excluding hydrogens is 504 g/mol. The summed E-state index contributed by atoms with van der Waals surface area (Å²) in [7, 11) is 0. The number of hydrogen-bond acceptors (Lipinski definition) is 6. The van der Waals surface area contributed by atoms with Gasteiger partial charge >= 0.3 is 0 Å². The first-order valence-corrected chi connectivity index (χ1v) is 13.3. The lowest BCUT2D eigenvalue weighted by molar-refractivity contribution is -0.120. The van der Waals surface area contributed by atoms with E-state index in [4.69, 9.17) is 10.5 Å². The molecule has 2 aliphatic carbocycles. The second-order valence-electron chi connectivity index (χ2n) is 8.89.